The smallest absolute Gasteiger partial charge is 0.181 e. The van der Waals surface area contributed by atoms with E-state index in [1.54, 1.807) is 0 Å². The average Bonchev–Trinajstić information content (AvgIpc) is 2.98. The molecule has 0 unspecified atom stereocenters. The quantitative estimate of drug-likeness (QED) is 0.868. The summed E-state index contributed by atoms with van der Waals surface area (Å²) in [6.45, 7) is 3.16. The summed E-state index contributed by atoms with van der Waals surface area (Å²) in [5.41, 5.74) is 8.58. The molecule has 1 aliphatic rings. The number of aromatic amines is 1. The van der Waals surface area contributed by atoms with Crippen LogP contribution in [-0.4, -0.2) is 30.0 Å². The molecular formula is C14H18N2O2. The molecule has 3 rings (SSSR count). The van der Waals surface area contributed by atoms with Gasteiger partial charge < -0.3 is 20.2 Å². The topological polar surface area (TPSA) is 60.3 Å². The Morgan fingerprint density at radius 2 is 2.06 bits per heavy atom. The van der Waals surface area contributed by atoms with Crippen molar-refractivity contribution in [2.75, 3.05) is 13.2 Å². The minimum Gasteiger partial charge on any atom is -0.361 e. The second kappa shape index (κ2) is 4.39. The molecule has 0 radical (unpaired) electrons. The van der Waals surface area contributed by atoms with Gasteiger partial charge in [-0.3, -0.25) is 0 Å². The Morgan fingerprint density at radius 1 is 1.33 bits per heavy atom. The SMILES string of the molecule is CC1([C@@H](N)Cc2c[nH]c3ccccc23)OCCO1. The van der Waals surface area contributed by atoms with Gasteiger partial charge in [0.05, 0.1) is 19.3 Å². The molecule has 0 spiro atoms. The fourth-order valence-corrected chi connectivity index (χ4v) is 2.47. The number of hydrogen-bond acceptors (Lipinski definition) is 3. The minimum absolute atomic E-state index is 0.167. The van der Waals surface area contributed by atoms with Crippen LogP contribution in [0.25, 0.3) is 10.9 Å². The van der Waals surface area contributed by atoms with Crippen molar-refractivity contribution in [3.63, 3.8) is 0 Å². The van der Waals surface area contributed by atoms with Gasteiger partial charge in [0.15, 0.2) is 5.79 Å². The summed E-state index contributed by atoms with van der Waals surface area (Å²) in [5.74, 6) is -0.654. The van der Waals surface area contributed by atoms with E-state index in [-0.39, 0.29) is 6.04 Å². The van der Waals surface area contributed by atoms with E-state index in [0.29, 0.717) is 13.2 Å². The molecule has 1 saturated heterocycles. The number of H-pyrrole nitrogens is 1. The molecule has 0 amide bonds. The van der Waals surface area contributed by atoms with Crippen LogP contribution in [0.4, 0.5) is 0 Å². The molecule has 3 N–H and O–H groups in total. The molecule has 2 aromatic rings. The third-order valence-electron chi connectivity index (χ3n) is 3.65. The highest BCUT2D eigenvalue weighted by molar-refractivity contribution is 5.83. The van der Waals surface area contributed by atoms with Crippen LogP contribution >= 0.6 is 0 Å². The van der Waals surface area contributed by atoms with Crippen molar-refractivity contribution in [3.05, 3.63) is 36.0 Å². The van der Waals surface area contributed by atoms with Gasteiger partial charge in [0, 0.05) is 17.1 Å². The van der Waals surface area contributed by atoms with E-state index in [1.165, 1.54) is 10.9 Å². The van der Waals surface area contributed by atoms with Crippen LogP contribution in [0.3, 0.4) is 0 Å². The first-order chi connectivity index (χ1) is 8.69. The van der Waals surface area contributed by atoms with Gasteiger partial charge in [0.25, 0.3) is 0 Å². The highest BCUT2D eigenvalue weighted by Crippen LogP contribution is 2.26. The summed E-state index contributed by atoms with van der Waals surface area (Å²) in [6.07, 6.45) is 2.75. The number of fused-ring (bicyclic) bond motifs is 1. The molecule has 1 aromatic carbocycles. The van der Waals surface area contributed by atoms with Crippen molar-refractivity contribution in [1.82, 2.24) is 4.98 Å². The molecule has 4 nitrogen and oxygen atoms in total. The van der Waals surface area contributed by atoms with Gasteiger partial charge in [0.2, 0.25) is 0 Å². The van der Waals surface area contributed by atoms with Gasteiger partial charge in [0.1, 0.15) is 0 Å². The predicted molar refractivity (Wildman–Crippen MR) is 70.3 cm³/mol. The number of nitrogens with two attached hydrogens (primary N) is 1. The van der Waals surface area contributed by atoms with Crippen molar-refractivity contribution in [2.45, 2.75) is 25.2 Å². The summed E-state index contributed by atoms with van der Waals surface area (Å²) in [4.78, 5) is 3.26. The number of para-hydroxylation sites is 1. The van der Waals surface area contributed by atoms with Crippen molar-refractivity contribution in [1.29, 1.82) is 0 Å². The molecule has 4 heteroatoms. The van der Waals surface area contributed by atoms with Crippen LogP contribution < -0.4 is 5.73 Å². The highest BCUT2D eigenvalue weighted by atomic mass is 16.7. The van der Waals surface area contributed by atoms with Gasteiger partial charge >= 0.3 is 0 Å². The Bertz CT molecular complexity index is 543. The first kappa shape index (κ1) is 11.7. The zero-order valence-electron chi connectivity index (χ0n) is 10.5. The van der Waals surface area contributed by atoms with Crippen LogP contribution in [0, 0.1) is 0 Å². The Morgan fingerprint density at radius 3 is 2.83 bits per heavy atom. The molecule has 0 aliphatic carbocycles. The zero-order chi connectivity index (χ0) is 12.6. The lowest BCUT2D eigenvalue weighted by Crippen LogP contribution is -2.47. The standard InChI is InChI=1S/C14H18N2O2/c1-14(17-6-7-18-14)13(15)8-10-9-16-12-5-3-2-4-11(10)12/h2-5,9,13,16H,6-8,15H2,1H3/t13-/m0/s1. The van der Waals surface area contributed by atoms with E-state index < -0.39 is 5.79 Å². The van der Waals surface area contributed by atoms with E-state index in [4.69, 9.17) is 15.2 Å². The summed E-state index contributed by atoms with van der Waals surface area (Å²) in [7, 11) is 0. The van der Waals surface area contributed by atoms with E-state index in [0.717, 1.165) is 11.9 Å². The molecular weight excluding hydrogens is 228 g/mol. The Labute approximate surface area is 106 Å². The third kappa shape index (κ3) is 1.92. The van der Waals surface area contributed by atoms with E-state index in [9.17, 15) is 0 Å². The molecule has 18 heavy (non-hydrogen) atoms. The van der Waals surface area contributed by atoms with Crippen molar-refractivity contribution >= 4 is 10.9 Å². The van der Waals surface area contributed by atoms with Gasteiger partial charge in [-0.1, -0.05) is 18.2 Å². The van der Waals surface area contributed by atoms with E-state index in [2.05, 4.69) is 17.1 Å². The Hall–Kier alpha value is -1.36. The maximum Gasteiger partial charge on any atom is 0.181 e. The van der Waals surface area contributed by atoms with Crippen LogP contribution in [0.15, 0.2) is 30.5 Å². The van der Waals surface area contributed by atoms with Crippen LogP contribution in [0.5, 0.6) is 0 Å². The number of rotatable bonds is 3. The second-order valence-electron chi connectivity index (χ2n) is 4.88. The van der Waals surface area contributed by atoms with Gasteiger partial charge in [-0.25, -0.2) is 0 Å². The van der Waals surface area contributed by atoms with E-state index >= 15 is 0 Å². The fraction of sp³-hybridized carbons (Fsp3) is 0.429. The maximum absolute atomic E-state index is 6.23. The monoisotopic (exact) mass is 246 g/mol. The highest BCUT2D eigenvalue weighted by Gasteiger charge is 2.37. The minimum atomic E-state index is -0.654. The normalized spacial score (nSPS) is 20.3. The van der Waals surface area contributed by atoms with Gasteiger partial charge in [-0.05, 0) is 25.0 Å². The first-order valence-corrected chi connectivity index (χ1v) is 6.27. The maximum atomic E-state index is 6.23. The van der Waals surface area contributed by atoms with Crippen molar-refractivity contribution < 1.29 is 9.47 Å². The predicted octanol–water partition coefficient (Wildman–Crippen LogP) is 1.80. The molecule has 1 atom stereocenters. The lowest BCUT2D eigenvalue weighted by Gasteiger charge is -2.29. The number of ether oxygens (including phenoxy) is 2. The second-order valence-corrected chi connectivity index (χ2v) is 4.88. The summed E-state index contributed by atoms with van der Waals surface area (Å²) in [5, 5.41) is 1.22. The molecule has 96 valence electrons. The van der Waals surface area contributed by atoms with Gasteiger partial charge in [-0.15, -0.1) is 0 Å². The Balaban J connectivity index is 1.84. The molecule has 2 heterocycles. The molecule has 0 saturated carbocycles. The molecule has 1 aliphatic heterocycles. The number of benzene rings is 1. The van der Waals surface area contributed by atoms with Crippen molar-refractivity contribution in [3.8, 4) is 0 Å². The molecule has 0 bridgehead atoms. The van der Waals surface area contributed by atoms with Crippen LogP contribution in [0.2, 0.25) is 0 Å². The zero-order valence-corrected chi connectivity index (χ0v) is 10.5. The molecule has 1 fully saturated rings. The van der Waals surface area contributed by atoms with Gasteiger partial charge in [-0.2, -0.15) is 0 Å². The fourth-order valence-electron chi connectivity index (χ4n) is 2.47. The summed E-state index contributed by atoms with van der Waals surface area (Å²) < 4.78 is 11.2. The lowest BCUT2D eigenvalue weighted by atomic mass is 10.00. The summed E-state index contributed by atoms with van der Waals surface area (Å²) in [6, 6.07) is 8.06. The lowest BCUT2D eigenvalue weighted by molar-refractivity contribution is -0.157. The van der Waals surface area contributed by atoms with Crippen LogP contribution in [-0.2, 0) is 15.9 Å². The molecule has 1 aromatic heterocycles. The first-order valence-electron chi connectivity index (χ1n) is 6.27. The number of aromatic nitrogens is 1. The average molecular weight is 246 g/mol. The van der Waals surface area contributed by atoms with Crippen molar-refractivity contribution in [2.24, 2.45) is 5.73 Å². The van der Waals surface area contributed by atoms with E-state index in [1.807, 2.05) is 25.3 Å². The largest absolute Gasteiger partial charge is 0.361 e. The third-order valence-corrected chi connectivity index (χ3v) is 3.65. The number of hydrogen-bond donors (Lipinski definition) is 2. The van der Waals surface area contributed by atoms with Crippen LogP contribution in [0.1, 0.15) is 12.5 Å². The Kier molecular flexibility index (Phi) is 2.86. The number of nitrogens with one attached hydrogen (secondary N) is 1. The summed E-state index contributed by atoms with van der Waals surface area (Å²) >= 11 is 0.